The van der Waals surface area contributed by atoms with Crippen LogP contribution in [0.1, 0.15) is 32.1 Å². The van der Waals surface area contributed by atoms with E-state index >= 15 is 0 Å². The lowest BCUT2D eigenvalue weighted by Gasteiger charge is -2.19. The average molecular weight is 227 g/mol. The number of hydrogen-bond acceptors (Lipinski definition) is 4. The van der Waals surface area contributed by atoms with Crippen molar-refractivity contribution in [2.24, 2.45) is 5.73 Å². The van der Waals surface area contributed by atoms with Gasteiger partial charge >= 0.3 is 0 Å². The molecule has 0 saturated carbocycles. The standard InChI is InChI=1S/C12H21NO3/c1-12(2,3)16-5-4-14-9-11-6-10(7-13)8-15-11/h6,8H,4-5,7,9,13H2,1-3H3. The molecule has 4 heteroatoms. The van der Waals surface area contributed by atoms with Crippen LogP contribution in [-0.4, -0.2) is 18.8 Å². The first-order valence-electron chi connectivity index (χ1n) is 5.49. The van der Waals surface area contributed by atoms with Gasteiger partial charge in [-0.05, 0) is 26.8 Å². The molecule has 0 aliphatic carbocycles. The summed E-state index contributed by atoms with van der Waals surface area (Å²) in [7, 11) is 0. The fourth-order valence-electron chi connectivity index (χ4n) is 1.19. The van der Waals surface area contributed by atoms with Crippen LogP contribution in [0.15, 0.2) is 16.7 Å². The van der Waals surface area contributed by atoms with Crippen molar-refractivity contribution < 1.29 is 13.9 Å². The zero-order valence-corrected chi connectivity index (χ0v) is 10.3. The first kappa shape index (κ1) is 13.2. The van der Waals surface area contributed by atoms with Gasteiger partial charge in [0, 0.05) is 12.1 Å². The molecule has 1 aromatic heterocycles. The predicted octanol–water partition coefficient (Wildman–Crippen LogP) is 2.07. The lowest BCUT2D eigenvalue weighted by atomic mass is 10.2. The zero-order chi connectivity index (χ0) is 12.0. The van der Waals surface area contributed by atoms with Crippen molar-refractivity contribution in [2.45, 2.75) is 39.5 Å². The molecule has 0 spiro atoms. The number of ether oxygens (including phenoxy) is 2. The molecule has 0 saturated heterocycles. The second-order valence-electron chi connectivity index (χ2n) is 4.64. The molecular formula is C12H21NO3. The largest absolute Gasteiger partial charge is 0.467 e. The van der Waals surface area contributed by atoms with Gasteiger partial charge < -0.3 is 19.6 Å². The van der Waals surface area contributed by atoms with E-state index in [2.05, 4.69) is 0 Å². The van der Waals surface area contributed by atoms with E-state index in [1.807, 2.05) is 26.8 Å². The molecule has 0 amide bonds. The van der Waals surface area contributed by atoms with Gasteiger partial charge in [-0.15, -0.1) is 0 Å². The summed E-state index contributed by atoms with van der Waals surface area (Å²) in [5, 5.41) is 0. The van der Waals surface area contributed by atoms with Crippen LogP contribution in [-0.2, 0) is 22.6 Å². The summed E-state index contributed by atoms with van der Waals surface area (Å²) in [6, 6.07) is 1.91. The van der Waals surface area contributed by atoms with E-state index in [4.69, 9.17) is 19.6 Å². The van der Waals surface area contributed by atoms with Gasteiger partial charge in [-0.1, -0.05) is 0 Å². The maximum atomic E-state index is 5.52. The molecule has 92 valence electrons. The van der Waals surface area contributed by atoms with Crippen LogP contribution in [0.2, 0.25) is 0 Å². The van der Waals surface area contributed by atoms with E-state index in [-0.39, 0.29) is 5.60 Å². The lowest BCUT2D eigenvalue weighted by Crippen LogP contribution is -2.21. The predicted molar refractivity (Wildman–Crippen MR) is 62.0 cm³/mol. The number of nitrogens with two attached hydrogens (primary N) is 1. The van der Waals surface area contributed by atoms with E-state index in [0.29, 0.717) is 26.4 Å². The highest BCUT2D eigenvalue weighted by Gasteiger charge is 2.09. The van der Waals surface area contributed by atoms with Crippen molar-refractivity contribution in [3.8, 4) is 0 Å². The first-order valence-corrected chi connectivity index (χ1v) is 5.49. The normalized spacial score (nSPS) is 12.0. The van der Waals surface area contributed by atoms with E-state index in [9.17, 15) is 0 Å². The molecule has 0 atom stereocenters. The third-order valence-corrected chi connectivity index (χ3v) is 1.95. The SMILES string of the molecule is CC(C)(C)OCCOCc1cc(CN)co1. The van der Waals surface area contributed by atoms with Crippen molar-refractivity contribution in [2.75, 3.05) is 13.2 Å². The van der Waals surface area contributed by atoms with Crippen molar-refractivity contribution in [3.05, 3.63) is 23.7 Å². The van der Waals surface area contributed by atoms with Crippen molar-refractivity contribution in [3.63, 3.8) is 0 Å². The van der Waals surface area contributed by atoms with Gasteiger partial charge in [-0.3, -0.25) is 0 Å². The van der Waals surface area contributed by atoms with Gasteiger partial charge in [0.2, 0.25) is 0 Å². The highest BCUT2D eigenvalue weighted by molar-refractivity contribution is 5.11. The van der Waals surface area contributed by atoms with E-state index in [1.165, 1.54) is 0 Å². The maximum Gasteiger partial charge on any atom is 0.129 e. The van der Waals surface area contributed by atoms with Crippen LogP contribution in [0, 0.1) is 0 Å². The summed E-state index contributed by atoms with van der Waals surface area (Å²) in [5.41, 5.74) is 6.35. The van der Waals surface area contributed by atoms with Gasteiger partial charge in [-0.2, -0.15) is 0 Å². The second-order valence-corrected chi connectivity index (χ2v) is 4.64. The Kier molecular flexibility index (Phi) is 4.99. The molecule has 0 radical (unpaired) electrons. The summed E-state index contributed by atoms with van der Waals surface area (Å²) < 4.78 is 16.2. The van der Waals surface area contributed by atoms with Crippen LogP contribution in [0.5, 0.6) is 0 Å². The summed E-state index contributed by atoms with van der Waals surface area (Å²) in [6.45, 7) is 8.18. The molecule has 0 aromatic carbocycles. The average Bonchev–Trinajstić information content (AvgIpc) is 2.63. The topological polar surface area (TPSA) is 57.6 Å². The zero-order valence-electron chi connectivity index (χ0n) is 10.3. The monoisotopic (exact) mass is 227 g/mol. The molecule has 1 heterocycles. The van der Waals surface area contributed by atoms with Gasteiger partial charge in [0.25, 0.3) is 0 Å². The van der Waals surface area contributed by atoms with Gasteiger partial charge in [0.1, 0.15) is 12.4 Å². The van der Waals surface area contributed by atoms with Crippen LogP contribution >= 0.6 is 0 Å². The summed E-state index contributed by atoms with van der Waals surface area (Å²) in [4.78, 5) is 0. The number of hydrogen-bond donors (Lipinski definition) is 1. The van der Waals surface area contributed by atoms with Crippen LogP contribution in [0.4, 0.5) is 0 Å². The van der Waals surface area contributed by atoms with Gasteiger partial charge in [0.15, 0.2) is 0 Å². The Morgan fingerprint density at radius 3 is 2.62 bits per heavy atom. The van der Waals surface area contributed by atoms with Gasteiger partial charge in [0.05, 0.1) is 25.1 Å². The van der Waals surface area contributed by atoms with E-state index in [1.54, 1.807) is 6.26 Å². The molecule has 16 heavy (non-hydrogen) atoms. The molecule has 2 N–H and O–H groups in total. The Bertz CT molecular complexity index is 301. The summed E-state index contributed by atoms with van der Waals surface area (Å²) in [5.74, 6) is 0.802. The highest BCUT2D eigenvalue weighted by atomic mass is 16.5. The Balaban J connectivity index is 2.11. The van der Waals surface area contributed by atoms with Crippen LogP contribution in [0.3, 0.4) is 0 Å². The molecule has 0 unspecified atom stereocenters. The quantitative estimate of drug-likeness (QED) is 0.756. The number of rotatable bonds is 6. The second kappa shape index (κ2) is 6.03. The minimum Gasteiger partial charge on any atom is -0.467 e. The van der Waals surface area contributed by atoms with Crippen LogP contribution in [0.25, 0.3) is 0 Å². The molecule has 0 fully saturated rings. The molecule has 0 bridgehead atoms. The maximum absolute atomic E-state index is 5.52. The van der Waals surface area contributed by atoms with Crippen molar-refractivity contribution in [1.82, 2.24) is 0 Å². The minimum atomic E-state index is -0.110. The molecule has 0 aliphatic heterocycles. The molecule has 4 nitrogen and oxygen atoms in total. The lowest BCUT2D eigenvalue weighted by molar-refractivity contribution is -0.0394. The van der Waals surface area contributed by atoms with Crippen LogP contribution < -0.4 is 5.73 Å². The Hall–Kier alpha value is -0.840. The fourth-order valence-corrected chi connectivity index (χ4v) is 1.19. The Labute approximate surface area is 96.7 Å². The molecule has 1 aromatic rings. The first-order chi connectivity index (χ1) is 7.51. The van der Waals surface area contributed by atoms with E-state index in [0.717, 1.165) is 11.3 Å². The minimum absolute atomic E-state index is 0.110. The van der Waals surface area contributed by atoms with Crippen molar-refractivity contribution in [1.29, 1.82) is 0 Å². The summed E-state index contributed by atoms with van der Waals surface area (Å²) >= 11 is 0. The third-order valence-electron chi connectivity index (χ3n) is 1.95. The fraction of sp³-hybridized carbons (Fsp3) is 0.667. The smallest absolute Gasteiger partial charge is 0.129 e. The van der Waals surface area contributed by atoms with Crippen molar-refractivity contribution >= 4 is 0 Å². The van der Waals surface area contributed by atoms with Gasteiger partial charge in [-0.25, -0.2) is 0 Å². The van der Waals surface area contributed by atoms with E-state index < -0.39 is 0 Å². The number of furan rings is 1. The highest BCUT2D eigenvalue weighted by Crippen LogP contribution is 2.09. The Morgan fingerprint density at radius 1 is 1.31 bits per heavy atom. The molecular weight excluding hydrogens is 206 g/mol. The summed E-state index contributed by atoms with van der Waals surface area (Å²) in [6.07, 6.45) is 1.66. The Morgan fingerprint density at radius 2 is 2.06 bits per heavy atom. The molecule has 1 rings (SSSR count). The molecule has 0 aliphatic rings. The third kappa shape index (κ3) is 5.30.